The van der Waals surface area contributed by atoms with E-state index in [0.717, 1.165) is 33.7 Å². The number of halogens is 1. The topological polar surface area (TPSA) is 34.1 Å². The molecule has 0 fully saturated rings. The van der Waals surface area contributed by atoms with Gasteiger partial charge in [0.1, 0.15) is 11.3 Å². The summed E-state index contributed by atoms with van der Waals surface area (Å²) in [4.78, 5) is 4.60. The van der Waals surface area contributed by atoms with E-state index in [1.165, 1.54) is 5.56 Å². The van der Waals surface area contributed by atoms with Gasteiger partial charge in [0, 0.05) is 22.5 Å². The number of methoxy groups -OCH3 is 1. The first-order valence-electron chi connectivity index (χ1n) is 6.95. The van der Waals surface area contributed by atoms with E-state index in [-0.39, 0.29) is 12.4 Å². The summed E-state index contributed by atoms with van der Waals surface area (Å²) in [5.74, 6) is 0.795. The maximum atomic E-state index is 5.41. The fraction of sp³-hybridized carbons (Fsp3) is 0.167. The van der Waals surface area contributed by atoms with Crippen molar-refractivity contribution in [3.05, 3.63) is 59.8 Å². The molecule has 3 nitrogen and oxygen atoms in total. The highest BCUT2D eigenvalue weighted by molar-refractivity contribution is 5.96. The van der Waals surface area contributed by atoms with Crippen LogP contribution in [0.3, 0.4) is 0 Å². The number of para-hydroxylation sites is 1. The summed E-state index contributed by atoms with van der Waals surface area (Å²) < 4.78 is 5.41. The predicted molar refractivity (Wildman–Crippen MR) is 94.7 cm³/mol. The van der Waals surface area contributed by atoms with E-state index >= 15 is 0 Å². The van der Waals surface area contributed by atoms with Gasteiger partial charge in [0.15, 0.2) is 0 Å². The summed E-state index contributed by atoms with van der Waals surface area (Å²) in [6.07, 6.45) is 0. The van der Waals surface area contributed by atoms with Crippen LogP contribution < -0.4 is 10.1 Å². The quantitative estimate of drug-likeness (QED) is 0.736. The number of anilines is 2. The number of rotatable bonds is 3. The smallest absolute Gasteiger partial charge is 0.145 e. The summed E-state index contributed by atoms with van der Waals surface area (Å²) in [6.45, 7) is 4.08. The van der Waals surface area contributed by atoms with Crippen LogP contribution in [0, 0.1) is 13.8 Å². The number of fused-ring (bicyclic) bond motifs is 1. The molecule has 0 saturated carbocycles. The number of hydrogen-bond donors (Lipinski definition) is 1. The average molecular weight is 315 g/mol. The fourth-order valence-electron chi connectivity index (χ4n) is 2.41. The minimum absolute atomic E-state index is 0. The van der Waals surface area contributed by atoms with Gasteiger partial charge in [0.05, 0.1) is 7.11 Å². The zero-order valence-corrected chi connectivity index (χ0v) is 13.7. The Labute approximate surface area is 136 Å². The summed E-state index contributed by atoms with van der Waals surface area (Å²) in [7, 11) is 1.67. The Balaban J connectivity index is 0.00000176. The molecule has 0 aliphatic heterocycles. The predicted octanol–water partition coefficient (Wildman–Crippen LogP) is 5.03. The van der Waals surface area contributed by atoms with Gasteiger partial charge >= 0.3 is 0 Å². The van der Waals surface area contributed by atoms with Crippen LogP contribution >= 0.6 is 12.4 Å². The number of ether oxygens (including phenoxy) is 1. The van der Waals surface area contributed by atoms with Gasteiger partial charge in [0.2, 0.25) is 0 Å². The average Bonchev–Trinajstić information content (AvgIpc) is 2.49. The van der Waals surface area contributed by atoms with E-state index in [0.29, 0.717) is 0 Å². The van der Waals surface area contributed by atoms with Crippen molar-refractivity contribution in [2.75, 3.05) is 12.4 Å². The van der Waals surface area contributed by atoms with E-state index in [1.54, 1.807) is 7.11 Å². The van der Waals surface area contributed by atoms with Crippen LogP contribution in [0.2, 0.25) is 0 Å². The Bertz CT molecular complexity index is 785. The number of aromatic nitrogens is 1. The summed E-state index contributed by atoms with van der Waals surface area (Å²) in [5, 5.41) is 4.53. The van der Waals surface area contributed by atoms with E-state index in [1.807, 2.05) is 19.1 Å². The molecule has 0 atom stereocenters. The lowest BCUT2D eigenvalue weighted by Crippen LogP contribution is -1.96. The molecule has 0 spiro atoms. The third kappa shape index (κ3) is 3.15. The lowest BCUT2D eigenvalue weighted by Gasteiger charge is -2.13. The third-order valence-electron chi connectivity index (χ3n) is 3.48. The van der Waals surface area contributed by atoms with Crippen molar-refractivity contribution >= 4 is 34.7 Å². The van der Waals surface area contributed by atoms with Crippen LogP contribution in [0.15, 0.2) is 48.5 Å². The maximum absolute atomic E-state index is 5.41. The number of pyridine rings is 1. The third-order valence-corrected chi connectivity index (χ3v) is 3.48. The first-order valence-corrected chi connectivity index (χ1v) is 6.95. The normalized spacial score (nSPS) is 10.1. The summed E-state index contributed by atoms with van der Waals surface area (Å²) >= 11 is 0. The van der Waals surface area contributed by atoms with Crippen molar-refractivity contribution in [1.82, 2.24) is 4.98 Å². The highest BCUT2D eigenvalue weighted by Crippen LogP contribution is 2.31. The Hall–Kier alpha value is -2.26. The largest absolute Gasteiger partial charge is 0.494 e. The molecule has 0 aliphatic rings. The molecule has 1 aromatic heterocycles. The second-order valence-electron chi connectivity index (χ2n) is 5.16. The number of nitrogens with zero attached hydrogens (tertiary/aromatic N) is 1. The van der Waals surface area contributed by atoms with Gasteiger partial charge < -0.3 is 10.1 Å². The Morgan fingerprint density at radius 3 is 2.41 bits per heavy atom. The molecule has 0 saturated heterocycles. The van der Waals surface area contributed by atoms with Crippen LogP contribution in [0.5, 0.6) is 5.75 Å². The van der Waals surface area contributed by atoms with Crippen molar-refractivity contribution in [2.24, 2.45) is 0 Å². The highest BCUT2D eigenvalue weighted by Gasteiger charge is 2.08. The molecule has 114 valence electrons. The van der Waals surface area contributed by atoms with Crippen molar-refractivity contribution < 1.29 is 4.74 Å². The summed E-state index contributed by atoms with van der Waals surface area (Å²) in [6, 6.07) is 16.4. The summed E-state index contributed by atoms with van der Waals surface area (Å²) in [5.41, 5.74) is 5.20. The molecule has 0 radical (unpaired) electrons. The van der Waals surface area contributed by atoms with E-state index in [4.69, 9.17) is 4.74 Å². The van der Waals surface area contributed by atoms with Gasteiger partial charge in [-0.1, -0.05) is 29.8 Å². The number of hydrogen-bond acceptors (Lipinski definition) is 3. The second-order valence-corrected chi connectivity index (χ2v) is 5.16. The van der Waals surface area contributed by atoms with Gasteiger partial charge in [0.25, 0.3) is 0 Å². The van der Waals surface area contributed by atoms with Gasteiger partial charge in [-0.05, 0) is 38.1 Å². The fourth-order valence-corrected chi connectivity index (χ4v) is 2.41. The van der Waals surface area contributed by atoms with Crippen molar-refractivity contribution in [1.29, 1.82) is 0 Å². The highest BCUT2D eigenvalue weighted by atomic mass is 35.5. The SMILES string of the molecule is COc1cccc2c(Nc3ccc(C)cc3)cc(C)nc12.Cl. The molecule has 1 heterocycles. The number of nitrogens with one attached hydrogen (secondary N) is 1. The molecule has 3 rings (SSSR count). The van der Waals surface area contributed by atoms with Crippen LogP contribution in [0.4, 0.5) is 11.4 Å². The standard InChI is InChI=1S/C18H18N2O.ClH/c1-12-7-9-14(10-8-12)20-16-11-13(2)19-18-15(16)5-4-6-17(18)21-3;/h4-11H,1-3H3,(H,19,20);1H. The van der Waals surface area contributed by atoms with Gasteiger partial charge in [-0.25, -0.2) is 4.98 Å². The molecular weight excluding hydrogens is 296 g/mol. The van der Waals surface area contributed by atoms with Crippen molar-refractivity contribution in [3.63, 3.8) is 0 Å². The first kappa shape index (κ1) is 16.1. The van der Waals surface area contributed by atoms with E-state index < -0.39 is 0 Å². The van der Waals surface area contributed by atoms with Crippen LogP contribution in [-0.4, -0.2) is 12.1 Å². The molecule has 0 unspecified atom stereocenters. The molecule has 3 aromatic rings. The molecule has 0 aliphatic carbocycles. The van der Waals surface area contributed by atoms with Crippen LogP contribution in [0.1, 0.15) is 11.3 Å². The van der Waals surface area contributed by atoms with E-state index in [2.05, 4.69) is 53.6 Å². The van der Waals surface area contributed by atoms with Gasteiger partial charge in [-0.3, -0.25) is 0 Å². The Kier molecular flexibility index (Phi) is 4.88. The van der Waals surface area contributed by atoms with Crippen molar-refractivity contribution in [2.45, 2.75) is 13.8 Å². The van der Waals surface area contributed by atoms with E-state index in [9.17, 15) is 0 Å². The molecule has 1 N–H and O–H groups in total. The van der Waals surface area contributed by atoms with Gasteiger partial charge in [-0.2, -0.15) is 0 Å². The van der Waals surface area contributed by atoms with Gasteiger partial charge in [-0.15, -0.1) is 12.4 Å². The minimum Gasteiger partial charge on any atom is -0.494 e. The zero-order valence-electron chi connectivity index (χ0n) is 12.9. The first-order chi connectivity index (χ1) is 10.2. The second kappa shape index (κ2) is 6.67. The molecular formula is C18H19ClN2O. The lowest BCUT2D eigenvalue weighted by atomic mass is 10.1. The molecule has 0 bridgehead atoms. The molecule has 22 heavy (non-hydrogen) atoms. The molecule has 2 aromatic carbocycles. The monoisotopic (exact) mass is 314 g/mol. The number of benzene rings is 2. The maximum Gasteiger partial charge on any atom is 0.145 e. The Morgan fingerprint density at radius 1 is 1.00 bits per heavy atom. The Morgan fingerprint density at radius 2 is 1.73 bits per heavy atom. The molecule has 0 amide bonds. The number of aryl methyl sites for hydroxylation is 2. The van der Waals surface area contributed by atoms with Crippen LogP contribution in [-0.2, 0) is 0 Å². The van der Waals surface area contributed by atoms with Crippen LogP contribution in [0.25, 0.3) is 10.9 Å². The zero-order chi connectivity index (χ0) is 14.8. The minimum atomic E-state index is 0. The molecule has 4 heteroatoms. The lowest BCUT2D eigenvalue weighted by molar-refractivity contribution is 0.419. The van der Waals surface area contributed by atoms with Crippen molar-refractivity contribution in [3.8, 4) is 5.75 Å².